The number of carboxylic acids is 1. The molecule has 6 N–H and O–H groups in total. The number of hydrogen-bond donors (Lipinski definition) is 5. The lowest BCUT2D eigenvalue weighted by Crippen LogP contribution is -2.57. The first-order chi connectivity index (χ1) is 21.9. The molecule has 1 spiro atoms. The molecule has 1 fully saturated rings. The number of benzene rings is 2. The van der Waals surface area contributed by atoms with Crippen LogP contribution in [0.3, 0.4) is 0 Å². The van der Waals surface area contributed by atoms with Gasteiger partial charge >= 0.3 is 12.1 Å². The molecule has 0 bridgehead atoms. The highest BCUT2D eigenvalue weighted by Crippen LogP contribution is 2.45. The predicted molar refractivity (Wildman–Crippen MR) is 169 cm³/mol. The van der Waals surface area contributed by atoms with Crippen LogP contribution in [0, 0.1) is 0 Å². The molecule has 0 unspecified atom stereocenters. The van der Waals surface area contributed by atoms with E-state index in [4.69, 9.17) is 32.0 Å². The molecule has 11 nitrogen and oxygen atoms in total. The van der Waals surface area contributed by atoms with Crippen LogP contribution in [0.2, 0.25) is 5.02 Å². The van der Waals surface area contributed by atoms with Crippen molar-refractivity contribution in [1.29, 1.82) is 0 Å². The molecule has 0 aromatic heterocycles. The van der Waals surface area contributed by atoms with Crippen molar-refractivity contribution in [1.82, 2.24) is 15.4 Å². The van der Waals surface area contributed by atoms with Crippen molar-refractivity contribution in [2.24, 2.45) is 5.73 Å². The summed E-state index contributed by atoms with van der Waals surface area (Å²) in [5.74, 6) is -3.76. The third-order valence-electron chi connectivity index (χ3n) is 7.55. The molecular weight excluding hydrogens is 665 g/mol. The first kappa shape index (κ1) is 38.0. The van der Waals surface area contributed by atoms with Gasteiger partial charge in [-0.25, -0.2) is 17.9 Å². The Hall–Kier alpha value is -3.50. The van der Waals surface area contributed by atoms with Gasteiger partial charge in [0.2, 0.25) is 21.8 Å². The fourth-order valence-corrected chi connectivity index (χ4v) is 7.29. The van der Waals surface area contributed by atoms with E-state index in [0.29, 0.717) is 29.0 Å². The van der Waals surface area contributed by atoms with Crippen LogP contribution in [0.15, 0.2) is 60.2 Å². The van der Waals surface area contributed by atoms with Crippen molar-refractivity contribution in [2.45, 2.75) is 75.9 Å². The highest BCUT2D eigenvalue weighted by atomic mass is 35.5. The first-order valence-electron chi connectivity index (χ1n) is 14.7. The van der Waals surface area contributed by atoms with E-state index in [1.807, 2.05) is 30.3 Å². The zero-order valence-corrected chi connectivity index (χ0v) is 27.4. The number of amides is 2. The monoisotopic (exact) mass is 702 g/mol. The van der Waals surface area contributed by atoms with Gasteiger partial charge < -0.3 is 26.2 Å². The second-order valence-corrected chi connectivity index (χ2v) is 13.9. The second kappa shape index (κ2) is 15.6. The van der Waals surface area contributed by atoms with E-state index in [1.54, 1.807) is 38.1 Å². The van der Waals surface area contributed by atoms with Crippen LogP contribution >= 0.6 is 11.6 Å². The highest BCUT2D eigenvalue weighted by molar-refractivity contribution is 7.99. The first-order valence-corrected chi connectivity index (χ1v) is 16.5. The molecule has 16 heteroatoms. The van der Waals surface area contributed by atoms with Gasteiger partial charge in [0.05, 0.1) is 29.2 Å². The number of nitrogens with one attached hydrogen (secondary N) is 3. The van der Waals surface area contributed by atoms with E-state index in [-0.39, 0.29) is 24.7 Å². The molecular formula is C31H38ClF3N4O7S. The molecule has 1 saturated carbocycles. The van der Waals surface area contributed by atoms with Crippen LogP contribution in [0.1, 0.15) is 57.1 Å². The lowest BCUT2D eigenvalue weighted by molar-refractivity contribution is -0.192. The average Bonchev–Trinajstić information content (AvgIpc) is 3.20. The molecule has 2 aromatic rings. The zero-order chi connectivity index (χ0) is 35.0. The van der Waals surface area contributed by atoms with E-state index >= 15 is 0 Å². The molecule has 47 heavy (non-hydrogen) atoms. The summed E-state index contributed by atoms with van der Waals surface area (Å²) in [5, 5.41) is 13.2. The molecule has 0 saturated heterocycles. The van der Waals surface area contributed by atoms with Gasteiger partial charge in [-0.05, 0) is 55.5 Å². The van der Waals surface area contributed by atoms with Gasteiger partial charge in [0.25, 0.3) is 0 Å². The summed E-state index contributed by atoms with van der Waals surface area (Å²) >= 11 is 6.07. The number of carbonyl (C=O) groups is 3. The molecule has 1 heterocycles. The second-order valence-electron chi connectivity index (χ2n) is 11.8. The van der Waals surface area contributed by atoms with Crippen LogP contribution in [0.5, 0.6) is 0 Å². The number of carboxylic acid groups (broad SMARTS) is 1. The predicted octanol–water partition coefficient (Wildman–Crippen LogP) is 3.88. The Morgan fingerprint density at radius 2 is 1.62 bits per heavy atom. The Morgan fingerprint density at radius 1 is 1.04 bits per heavy atom. The van der Waals surface area contributed by atoms with E-state index in [2.05, 4.69) is 15.4 Å². The Morgan fingerprint density at radius 3 is 2.15 bits per heavy atom. The smallest absolute Gasteiger partial charge is 0.475 e. The van der Waals surface area contributed by atoms with Crippen LogP contribution < -0.4 is 21.1 Å². The summed E-state index contributed by atoms with van der Waals surface area (Å²) in [6.45, 7) is 3.25. The molecule has 2 aliphatic rings. The number of carbonyl (C=O) groups excluding carboxylic acids is 2. The minimum Gasteiger partial charge on any atom is -0.475 e. The molecule has 2 amide bonds. The van der Waals surface area contributed by atoms with Gasteiger partial charge in [0.1, 0.15) is 6.04 Å². The molecule has 258 valence electrons. The number of hydrogen-bond acceptors (Lipinski definition) is 7. The van der Waals surface area contributed by atoms with Crippen LogP contribution in [0.4, 0.5) is 13.2 Å². The number of rotatable bonds is 10. The summed E-state index contributed by atoms with van der Waals surface area (Å²) in [6.07, 6.45) is -1.06. The summed E-state index contributed by atoms with van der Waals surface area (Å²) in [4.78, 5) is 35.2. The Balaban J connectivity index is 0.000000771. The Labute approximate surface area is 276 Å². The number of sulfonamides is 1. The average molecular weight is 703 g/mol. The fourth-order valence-electron chi connectivity index (χ4n) is 5.18. The Kier molecular flexibility index (Phi) is 12.6. The maximum Gasteiger partial charge on any atom is 0.490 e. The van der Waals surface area contributed by atoms with Crippen LogP contribution in [0.25, 0.3) is 4.91 Å². The van der Waals surface area contributed by atoms with Crippen molar-refractivity contribution >= 4 is 44.3 Å². The standard InChI is InChI=1S/C29H37ClN4O5S.C2HF3O2/c1-28(2,31)27(36)33-24(19-39-18-20-9-5-3-6-10-20)26(35)32-17-23-25(21-11-13-22(30)14-12-21)40(37,38)34-29(23)15-7-4-8-16-29;3-2(4,5)1(6)7/h3,5-6,9-14,24,34H,4,7-8,15-19,31H2,1-2H3,(H,32,35)(H,33,36);(H,6,7)/t24-;/m1./s1. The third kappa shape index (κ3) is 10.5. The van der Waals surface area contributed by atoms with E-state index in [9.17, 15) is 31.2 Å². The number of ether oxygens (including phenoxy) is 1. The van der Waals surface area contributed by atoms with Crippen molar-refractivity contribution in [2.75, 3.05) is 13.2 Å². The SMILES string of the molecule is CC(C)(N)C(=O)N[C@H](COCc1ccccc1)C(=O)NCC1=C(c2ccc(Cl)cc2)S(=O)(=O)NC12CCCCC2.O=C(O)C(F)(F)F. The van der Waals surface area contributed by atoms with Crippen molar-refractivity contribution in [3.8, 4) is 0 Å². The molecule has 1 atom stereocenters. The number of nitrogens with two attached hydrogens (primary N) is 1. The number of alkyl halides is 3. The van der Waals surface area contributed by atoms with Crippen LogP contribution in [-0.2, 0) is 35.8 Å². The molecule has 4 rings (SSSR count). The van der Waals surface area contributed by atoms with Gasteiger partial charge in [-0.1, -0.05) is 73.3 Å². The van der Waals surface area contributed by atoms with Crippen LogP contribution in [-0.4, -0.2) is 67.8 Å². The fraction of sp³-hybridized carbons (Fsp3) is 0.452. The maximum absolute atomic E-state index is 13.5. The summed E-state index contributed by atoms with van der Waals surface area (Å²) < 4.78 is 67.3. The molecule has 1 aliphatic carbocycles. The van der Waals surface area contributed by atoms with Crippen molar-refractivity contribution in [3.63, 3.8) is 0 Å². The van der Waals surface area contributed by atoms with Gasteiger partial charge in [-0.2, -0.15) is 13.2 Å². The zero-order valence-electron chi connectivity index (χ0n) is 25.8. The molecule has 0 radical (unpaired) electrons. The highest BCUT2D eigenvalue weighted by Gasteiger charge is 2.49. The van der Waals surface area contributed by atoms with E-state index in [1.165, 1.54) is 0 Å². The molecule has 1 aliphatic heterocycles. The van der Waals surface area contributed by atoms with Gasteiger partial charge in [-0.3, -0.25) is 9.59 Å². The number of aliphatic carboxylic acids is 1. The van der Waals surface area contributed by atoms with E-state index in [0.717, 1.165) is 24.8 Å². The van der Waals surface area contributed by atoms with Gasteiger partial charge in [0, 0.05) is 11.6 Å². The van der Waals surface area contributed by atoms with Gasteiger partial charge in [-0.15, -0.1) is 0 Å². The lowest BCUT2D eigenvalue weighted by atomic mass is 9.76. The van der Waals surface area contributed by atoms with Crippen molar-refractivity contribution in [3.05, 3.63) is 76.3 Å². The summed E-state index contributed by atoms with van der Waals surface area (Å²) in [6, 6.07) is 15.1. The van der Waals surface area contributed by atoms with Gasteiger partial charge in [0.15, 0.2) is 0 Å². The summed E-state index contributed by atoms with van der Waals surface area (Å²) in [7, 11) is -3.84. The minimum absolute atomic E-state index is 0.0138. The maximum atomic E-state index is 13.5. The topological polar surface area (TPSA) is 177 Å². The van der Waals surface area contributed by atoms with Crippen molar-refractivity contribution < 1.29 is 45.8 Å². The molecule has 2 aromatic carbocycles. The third-order valence-corrected chi connectivity index (χ3v) is 9.48. The quantitative estimate of drug-likeness (QED) is 0.248. The Bertz CT molecular complexity index is 1560. The normalized spacial score (nSPS) is 17.8. The summed E-state index contributed by atoms with van der Waals surface area (Å²) in [5.41, 5.74) is 6.01. The van der Waals surface area contributed by atoms with E-state index < -0.39 is 51.1 Å². The number of halogens is 4. The minimum atomic E-state index is -5.08. The largest absolute Gasteiger partial charge is 0.490 e. The lowest BCUT2D eigenvalue weighted by Gasteiger charge is -2.35.